The molecule has 1 unspecified atom stereocenters. The number of piperidine rings is 1. The summed E-state index contributed by atoms with van der Waals surface area (Å²) < 4.78 is 34.0. The van der Waals surface area contributed by atoms with Gasteiger partial charge in [-0.05, 0) is 44.0 Å². The number of anilines is 2. The monoisotopic (exact) mass is 516 g/mol. The molecule has 11 heteroatoms. The summed E-state index contributed by atoms with van der Waals surface area (Å²) in [5, 5.41) is 10.1. The van der Waals surface area contributed by atoms with Crippen LogP contribution in [0.2, 0.25) is 5.02 Å². The zero-order valence-corrected chi connectivity index (χ0v) is 20.5. The molecule has 5 rings (SSSR count). The zero-order chi connectivity index (χ0) is 25.2. The molecule has 0 aliphatic carbocycles. The van der Waals surface area contributed by atoms with Crippen molar-refractivity contribution >= 4 is 40.2 Å². The van der Waals surface area contributed by atoms with E-state index in [1.807, 2.05) is 4.90 Å². The Morgan fingerprint density at radius 3 is 2.61 bits per heavy atom. The molecule has 2 aliphatic heterocycles. The lowest BCUT2D eigenvalue weighted by atomic mass is 10.0. The molecule has 8 nitrogen and oxygen atoms in total. The highest BCUT2D eigenvalue weighted by atomic mass is 35.5. The van der Waals surface area contributed by atoms with Gasteiger partial charge in [0.05, 0.1) is 18.7 Å². The predicted octanol–water partition coefficient (Wildman–Crippen LogP) is 3.63. The number of methoxy groups -OCH3 is 1. The van der Waals surface area contributed by atoms with E-state index < -0.39 is 11.6 Å². The lowest BCUT2D eigenvalue weighted by molar-refractivity contribution is -0.125. The van der Waals surface area contributed by atoms with E-state index in [4.69, 9.17) is 16.3 Å². The largest absolute Gasteiger partial charge is 0.494 e. The molecule has 1 amide bonds. The third-order valence-electron chi connectivity index (χ3n) is 6.68. The lowest BCUT2D eigenvalue weighted by Gasteiger charge is -2.34. The van der Waals surface area contributed by atoms with Crippen molar-refractivity contribution in [1.29, 1.82) is 0 Å². The average Bonchev–Trinajstić information content (AvgIpc) is 2.82. The number of ether oxygens (including phenoxy) is 1. The molecule has 36 heavy (non-hydrogen) atoms. The highest BCUT2D eigenvalue weighted by Crippen LogP contribution is 2.31. The van der Waals surface area contributed by atoms with E-state index in [1.54, 1.807) is 12.1 Å². The standard InChI is InChI=1S/C25H27ClF2N6O2/c1-36-22-12-21-17(11-19(22)28)23(30-13-14-2-3-15(26)10-18(14)27)33-25(32-21)34-8-5-16(6-9-34)31-24(35)20-4-7-29-20/h2-3,10-12,16,20,29H,4-9,13H2,1H3,(H,31,35)(H,30,32,33). The highest BCUT2D eigenvalue weighted by molar-refractivity contribution is 6.30. The number of carbonyl (C=O) groups excluding carboxylic acids is 1. The highest BCUT2D eigenvalue weighted by Gasteiger charge is 2.29. The van der Waals surface area contributed by atoms with Crippen molar-refractivity contribution in [3.05, 3.63) is 52.6 Å². The Morgan fingerprint density at radius 2 is 1.94 bits per heavy atom. The Hall–Kier alpha value is -3.24. The van der Waals surface area contributed by atoms with Gasteiger partial charge in [0.15, 0.2) is 11.6 Å². The van der Waals surface area contributed by atoms with Crippen LogP contribution in [0.25, 0.3) is 10.9 Å². The molecule has 2 aromatic carbocycles. The van der Waals surface area contributed by atoms with Crippen molar-refractivity contribution in [2.45, 2.75) is 37.9 Å². The second kappa shape index (κ2) is 10.4. The SMILES string of the molecule is COc1cc2nc(N3CCC(NC(=O)C4CCN4)CC3)nc(NCc3ccc(Cl)cc3F)c2cc1F. The van der Waals surface area contributed by atoms with Gasteiger partial charge in [-0.1, -0.05) is 17.7 Å². The van der Waals surface area contributed by atoms with Crippen molar-refractivity contribution in [2.75, 3.05) is 37.0 Å². The predicted molar refractivity (Wildman–Crippen MR) is 135 cm³/mol. The Labute approximate surface area is 212 Å². The van der Waals surface area contributed by atoms with Crippen LogP contribution in [-0.4, -0.2) is 54.7 Å². The molecule has 3 heterocycles. The Morgan fingerprint density at radius 1 is 1.17 bits per heavy atom. The molecule has 1 atom stereocenters. The molecular formula is C25H27ClF2N6O2. The van der Waals surface area contributed by atoms with E-state index >= 15 is 0 Å². The molecular weight excluding hydrogens is 490 g/mol. The van der Waals surface area contributed by atoms with Crippen LogP contribution in [0.4, 0.5) is 20.5 Å². The van der Waals surface area contributed by atoms with E-state index in [2.05, 4.69) is 25.9 Å². The van der Waals surface area contributed by atoms with E-state index in [-0.39, 0.29) is 30.3 Å². The summed E-state index contributed by atoms with van der Waals surface area (Å²) in [6.45, 7) is 2.31. The zero-order valence-electron chi connectivity index (χ0n) is 19.8. The number of hydrogen-bond donors (Lipinski definition) is 3. The summed E-state index contributed by atoms with van der Waals surface area (Å²) in [6, 6.07) is 7.31. The number of rotatable bonds is 7. The van der Waals surface area contributed by atoms with Gasteiger partial charge in [-0.3, -0.25) is 4.79 Å². The molecule has 190 valence electrons. The van der Waals surface area contributed by atoms with Crippen LogP contribution in [0, 0.1) is 11.6 Å². The van der Waals surface area contributed by atoms with Crippen LogP contribution in [0.3, 0.4) is 0 Å². The second-order valence-electron chi connectivity index (χ2n) is 9.03. The summed E-state index contributed by atoms with van der Waals surface area (Å²) in [5.41, 5.74) is 0.906. The summed E-state index contributed by atoms with van der Waals surface area (Å²) in [4.78, 5) is 23.6. The van der Waals surface area contributed by atoms with Gasteiger partial charge in [-0.2, -0.15) is 4.98 Å². The van der Waals surface area contributed by atoms with Crippen LogP contribution in [0.15, 0.2) is 30.3 Å². The van der Waals surface area contributed by atoms with Crippen molar-refractivity contribution in [3.8, 4) is 5.75 Å². The summed E-state index contributed by atoms with van der Waals surface area (Å²) in [7, 11) is 1.40. The maximum atomic E-state index is 14.5. The molecule has 1 aromatic heterocycles. The number of fused-ring (bicyclic) bond motifs is 1. The minimum atomic E-state index is -0.542. The fourth-order valence-electron chi connectivity index (χ4n) is 4.43. The van der Waals surface area contributed by atoms with E-state index in [0.717, 1.165) is 25.8 Å². The van der Waals surface area contributed by atoms with Crippen molar-refractivity contribution in [1.82, 2.24) is 20.6 Å². The number of nitrogens with one attached hydrogen (secondary N) is 3. The maximum absolute atomic E-state index is 14.5. The van der Waals surface area contributed by atoms with Crippen LogP contribution in [0.5, 0.6) is 5.75 Å². The van der Waals surface area contributed by atoms with Gasteiger partial charge in [0.1, 0.15) is 11.6 Å². The summed E-state index contributed by atoms with van der Waals surface area (Å²) >= 11 is 5.86. The third kappa shape index (κ3) is 5.15. The number of benzene rings is 2. The topological polar surface area (TPSA) is 91.4 Å². The van der Waals surface area contributed by atoms with Gasteiger partial charge in [0.2, 0.25) is 11.9 Å². The van der Waals surface area contributed by atoms with Crippen LogP contribution < -0.4 is 25.6 Å². The number of hydrogen-bond acceptors (Lipinski definition) is 7. The van der Waals surface area contributed by atoms with Crippen LogP contribution in [0.1, 0.15) is 24.8 Å². The molecule has 2 fully saturated rings. The Kier molecular flexibility index (Phi) is 7.06. The number of halogens is 3. The van der Waals surface area contributed by atoms with Crippen molar-refractivity contribution < 1.29 is 18.3 Å². The van der Waals surface area contributed by atoms with Crippen LogP contribution >= 0.6 is 11.6 Å². The first-order valence-corrected chi connectivity index (χ1v) is 12.3. The molecule has 3 N–H and O–H groups in total. The van der Waals surface area contributed by atoms with Gasteiger partial charge in [0, 0.05) is 47.7 Å². The molecule has 0 radical (unpaired) electrons. The lowest BCUT2D eigenvalue weighted by Crippen LogP contribution is -2.56. The second-order valence-corrected chi connectivity index (χ2v) is 9.47. The number of aromatic nitrogens is 2. The van der Waals surface area contributed by atoms with E-state index in [0.29, 0.717) is 46.3 Å². The van der Waals surface area contributed by atoms with Crippen molar-refractivity contribution in [2.24, 2.45) is 0 Å². The maximum Gasteiger partial charge on any atom is 0.237 e. The average molecular weight is 517 g/mol. The molecule has 2 aliphatic rings. The summed E-state index contributed by atoms with van der Waals surface area (Å²) in [6.07, 6.45) is 2.38. The Bertz CT molecular complexity index is 1280. The molecule has 0 spiro atoms. The molecule has 2 saturated heterocycles. The van der Waals surface area contributed by atoms with E-state index in [9.17, 15) is 13.6 Å². The molecule has 0 bridgehead atoms. The number of amides is 1. The quantitative estimate of drug-likeness (QED) is 0.442. The molecule has 3 aromatic rings. The van der Waals surface area contributed by atoms with Gasteiger partial charge in [0.25, 0.3) is 0 Å². The fraction of sp³-hybridized carbons (Fsp3) is 0.400. The summed E-state index contributed by atoms with van der Waals surface area (Å²) in [5.74, 6) is 0.00450. The smallest absolute Gasteiger partial charge is 0.237 e. The van der Waals surface area contributed by atoms with Gasteiger partial charge < -0.3 is 25.6 Å². The first kappa shape index (κ1) is 24.5. The van der Waals surface area contributed by atoms with Gasteiger partial charge in [-0.15, -0.1) is 0 Å². The van der Waals surface area contributed by atoms with Gasteiger partial charge >= 0.3 is 0 Å². The number of carbonyl (C=O) groups is 1. The number of nitrogens with zero attached hydrogens (tertiary/aromatic N) is 3. The third-order valence-corrected chi connectivity index (χ3v) is 6.92. The fourth-order valence-corrected chi connectivity index (χ4v) is 4.59. The Balaban J connectivity index is 1.37. The normalized spacial score (nSPS) is 18.1. The minimum Gasteiger partial charge on any atom is -0.494 e. The minimum absolute atomic E-state index is 0.0525. The van der Waals surface area contributed by atoms with Crippen LogP contribution in [-0.2, 0) is 11.3 Å². The first-order chi connectivity index (χ1) is 17.4. The van der Waals surface area contributed by atoms with E-state index in [1.165, 1.54) is 25.3 Å². The first-order valence-electron chi connectivity index (χ1n) is 11.9. The van der Waals surface area contributed by atoms with Gasteiger partial charge in [-0.25, -0.2) is 13.8 Å². The molecule has 0 saturated carbocycles. The van der Waals surface area contributed by atoms with Crippen molar-refractivity contribution in [3.63, 3.8) is 0 Å².